The second-order valence-corrected chi connectivity index (χ2v) is 2.40. The Bertz CT molecular complexity index is 346. The Balaban J connectivity index is 2.85. The van der Waals surface area contributed by atoms with Gasteiger partial charge in [0.2, 0.25) is 0 Å². The largest absolute Gasteiger partial charge is 0.323 e. The maximum atomic E-state index is 12.9. The minimum absolute atomic E-state index is 0.480. The van der Waals surface area contributed by atoms with Crippen LogP contribution in [-0.2, 0) is 0 Å². The van der Waals surface area contributed by atoms with E-state index in [4.69, 9.17) is 0 Å². The fourth-order valence-electron chi connectivity index (χ4n) is 0.860. The molecule has 1 aromatic rings. The molecule has 0 saturated heterocycles. The molecule has 74 valence electrons. The summed E-state index contributed by atoms with van der Waals surface area (Å²) in [5.74, 6) is -1.66. The normalized spacial score (nSPS) is 9.29. The Morgan fingerprint density at radius 3 is 2.43 bits per heavy atom. The molecule has 0 aromatic heterocycles. The lowest BCUT2D eigenvalue weighted by molar-refractivity contribution is 0.255. The van der Waals surface area contributed by atoms with Crippen molar-refractivity contribution in [2.24, 2.45) is 0 Å². The van der Waals surface area contributed by atoms with Crippen LogP contribution < -0.4 is 10.6 Å². The Morgan fingerprint density at radius 1 is 1.36 bits per heavy atom. The number of amides is 2. The lowest BCUT2D eigenvalue weighted by atomic mass is 10.3. The lowest BCUT2D eigenvalue weighted by Crippen LogP contribution is -2.24. The summed E-state index contributed by atoms with van der Waals surface area (Å²) in [7, 11) is 0. The smallest absolute Gasteiger partial charge is 0.315 e. The van der Waals surface area contributed by atoms with Gasteiger partial charge in [-0.1, -0.05) is 12.6 Å². The van der Waals surface area contributed by atoms with Crippen molar-refractivity contribution < 1.29 is 13.6 Å². The molecule has 0 spiro atoms. The molecule has 3 nitrogen and oxygen atoms in total. The highest BCUT2D eigenvalue weighted by molar-refractivity contribution is 5.90. The van der Waals surface area contributed by atoms with E-state index < -0.39 is 23.4 Å². The number of nitrogens with one attached hydrogen (secondary N) is 2. The number of halogens is 2. The van der Waals surface area contributed by atoms with E-state index in [1.807, 2.05) is 5.32 Å². The zero-order chi connectivity index (χ0) is 10.6. The van der Waals surface area contributed by atoms with Gasteiger partial charge in [-0.3, -0.25) is 0 Å². The van der Waals surface area contributed by atoms with E-state index in [-0.39, 0.29) is 0 Å². The van der Waals surface area contributed by atoms with Gasteiger partial charge >= 0.3 is 6.03 Å². The molecule has 2 amide bonds. The molecule has 0 heterocycles. The van der Waals surface area contributed by atoms with Gasteiger partial charge in [-0.05, 0) is 18.3 Å². The number of rotatable bonds is 2. The van der Waals surface area contributed by atoms with Crippen LogP contribution in [0.5, 0.6) is 0 Å². The van der Waals surface area contributed by atoms with E-state index >= 15 is 0 Å². The number of urea groups is 1. The molecule has 14 heavy (non-hydrogen) atoms. The Labute approximate surface area is 79.4 Å². The van der Waals surface area contributed by atoms with Crippen LogP contribution in [0.15, 0.2) is 31.0 Å². The molecule has 0 radical (unpaired) electrons. The van der Waals surface area contributed by atoms with Crippen LogP contribution in [0.3, 0.4) is 0 Å². The minimum Gasteiger partial charge on any atom is -0.315 e. The Morgan fingerprint density at radius 2 is 1.93 bits per heavy atom. The van der Waals surface area contributed by atoms with Crippen LogP contribution in [0.1, 0.15) is 0 Å². The average Bonchev–Trinajstić information content (AvgIpc) is 2.12. The van der Waals surface area contributed by atoms with Gasteiger partial charge in [0.15, 0.2) is 0 Å². The van der Waals surface area contributed by atoms with Gasteiger partial charge < -0.3 is 10.6 Å². The number of para-hydroxylation sites is 1. The van der Waals surface area contributed by atoms with E-state index in [1.165, 1.54) is 6.07 Å². The van der Waals surface area contributed by atoms with Crippen molar-refractivity contribution in [3.8, 4) is 0 Å². The number of carbonyl (C=O) groups excluding carboxylic acids is 1. The molecule has 0 aliphatic rings. The first-order chi connectivity index (χ1) is 6.65. The molecular weight excluding hydrogens is 190 g/mol. The van der Waals surface area contributed by atoms with Crippen molar-refractivity contribution in [2.75, 3.05) is 5.32 Å². The van der Waals surface area contributed by atoms with E-state index in [9.17, 15) is 13.6 Å². The highest BCUT2D eigenvalue weighted by Gasteiger charge is 2.10. The summed E-state index contributed by atoms with van der Waals surface area (Å²) in [4.78, 5) is 10.9. The van der Waals surface area contributed by atoms with Gasteiger partial charge in [-0.25, -0.2) is 13.6 Å². The molecule has 0 bridgehead atoms. The SMILES string of the molecule is C=CNC(=O)Nc1c(F)cccc1F. The first kappa shape index (κ1) is 10.2. The van der Waals surface area contributed by atoms with Crippen LogP contribution in [0.25, 0.3) is 0 Å². The maximum absolute atomic E-state index is 12.9. The monoisotopic (exact) mass is 198 g/mol. The van der Waals surface area contributed by atoms with Crippen LogP contribution in [0, 0.1) is 11.6 Å². The van der Waals surface area contributed by atoms with Gasteiger partial charge in [0.05, 0.1) is 0 Å². The first-order valence-corrected chi connectivity index (χ1v) is 3.77. The molecule has 5 heteroatoms. The summed E-state index contributed by atoms with van der Waals surface area (Å²) >= 11 is 0. The third kappa shape index (κ3) is 2.29. The molecule has 0 atom stereocenters. The van der Waals surface area contributed by atoms with Crippen LogP contribution >= 0.6 is 0 Å². The Hall–Kier alpha value is -1.91. The zero-order valence-electron chi connectivity index (χ0n) is 7.18. The summed E-state index contributed by atoms with van der Waals surface area (Å²) in [6.45, 7) is 3.23. The van der Waals surface area contributed by atoms with Crippen molar-refractivity contribution in [1.82, 2.24) is 5.32 Å². The standard InChI is InChI=1S/C9H8F2N2O/c1-2-12-9(14)13-8-6(10)4-3-5-7(8)11/h2-5H,1H2,(H2,12,13,14). The second-order valence-electron chi connectivity index (χ2n) is 2.40. The molecule has 0 aliphatic heterocycles. The summed E-state index contributed by atoms with van der Waals surface area (Å²) in [5.41, 5.74) is -0.480. The fraction of sp³-hybridized carbons (Fsp3) is 0. The summed E-state index contributed by atoms with van der Waals surface area (Å²) in [5, 5.41) is 4.14. The number of benzene rings is 1. The van der Waals surface area contributed by atoms with Crippen LogP contribution in [0.4, 0.5) is 19.3 Å². The quantitative estimate of drug-likeness (QED) is 0.751. The molecule has 1 aromatic carbocycles. The highest BCUT2D eigenvalue weighted by Crippen LogP contribution is 2.17. The second kappa shape index (κ2) is 4.36. The topological polar surface area (TPSA) is 41.1 Å². The lowest BCUT2D eigenvalue weighted by Gasteiger charge is -2.06. The van der Waals surface area contributed by atoms with Crippen molar-refractivity contribution in [3.63, 3.8) is 0 Å². The fourth-order valence-corrected chi connectivity index (χ4v) is 0.860. The first-order valence-electron chi connectivity index (χ1n) is 3.77. The van der Waals surface area contributed by atoms with Gasteiger partial charge in [-0.2, -0.15) is 0 Å². The van der Waals surface area contributed by atoms with Gasteiger partial charge in [0.25, 0.3) is 0 Å². The summed E-state index contributed by atoms with van der Waals surface area (Å²) < 4.78 is 25.9. The predicted molar refractivity (Wildman–Crippen MR) is 48.7 cm³/mol. The number of hydrogen-bond acceptors (Lipinski definition) is 1. The zero-order valence-corrected chi connectivity index (χ0v) is 7.18. The van der Waals surface area contributed by atoms with Crippen LogP contribution in [-0.4, -0.2) is 6.03 Å². The average molecular weight is 198 g/mol. The summed E-state index contributed by atoms with van der Waals surface area (Å²) in [6, 6.07) is 2.56. The van der Waals surface area contributed by atoms with E-state index in [2.05, 4.69) is 11.9 Å². The van der Waals surface area contributed by atoms with E-state index in [0.717, 1.165) is 18.3 Å². The molecule has 0 unspecified atom stereocenters. The van der Waals surface area contributed by atoms with Gasteiger partial charge in [-0.15, -0.1) is 0 Å². The molecule has 0 fully saturated rings. The number of anilines is 1. The van der Waals surface area contributed by atoms with Gasteiger partial charge in [0.1, 0.15) is 17.3 Å². The van der Waals surface area contributed by atoms with E-state index in [1.54, 1.807) is 0 Å². The van der Waals surface area contributed by atoms with E-state index in [0.29, 0.717) is 0 Å². The molecule has 0 aliphatic carbocycles. The van der Waals surface area contributed by atoms with Crippen LogP contribution in [0.2, 0.25) is 0 Å². The van der Waals surface area contributed by atoms with Crippen molar-refractivity contribution in [3.05, 3.63) is 42.6 Å². The third-order valence-corrected chi connectivity index (χ3v) is 1.43. The number of hydrogen-bond donors (Lipinski definition) is 2. The molecular formula is C9H8F2N2O. The van der Waals surface area contributed by atoms with Crippen molar-refractivity contribution in [2.45, 2.75) is 0 Å². The maximum Gasteiger partial charge on any atom is 0.323 e. The highest BCUT2D eigenvalue weighted by atomic mass is 19.1. The van der Waals surface area contributed by atoms with Crippen molar-refractivity contribution >= 4 is 11.7 Å². The third-order valence-electron chi connectivity index (χ3n) is 1.43. The summed E-state index contributed by atoms with van der Waals surface area (Å²) in [6.07, 6.45) is 1.11. The molecule has 2 N–H and O–H groups in total. The van der Waals surface area contributed by atoms with Gasteiger partial charge in [0, 0.05) is 0 Å². The minimum atomic E-state index is -0.829. The molecule has 0 saturated carbocycles. The van der Waals surface area contributed by atoms with Crippen molar-refractivity contribution in [1.29, 1.82) is 0 Å². The Kier molecular flexibility index (Phi) is 3.17. The number of carbonyl (C=O) groups is 1. The molecule has 1 rings (SSSR count). The predicted octanol–water partition coefficient (Wildman–Crippen LogP) is 2.23.